The molecule has 0 atom stereocenters. The van der Waals surface area contributed by atoms with Crippen LogP contribution in [-0.2, 0) is 7.05 Å². The molecule has 4 aromatic rings. The lowest BCUT2D eigenvalue weighted by atomic mass is 10.0. The number of nitrogens with zero attached hydrogens (tertiary/aromatic N) is 4. The first kappa shape index (κ1) is 15.8. The summed E-state index contributed by atoms with van der Waals surface area (Å²) in [6.45, 7) is 4.20. The van der Waals surface area contributed by atoms with E-state index in [0.717, 1.165) is 32.9 Å². The standard InChI is InChI=1S/C18H18N4O2S/c1-10(2)13-9-25-17-14(13)16(23)21(3)18-20-19-15(22(17)18)11-5-7-12(24-4)8-6-11/h5-10H,1-4H3. The van der Waals surface area contributed by atoms with Gasteiger partial charge >= 0.3 is 0 Å². The van der Waals surface area contributed by atoms with Gasteiger partial charge in [0.15, 0.2) is 5.82 Å². The first-order chi connectivity index (χ1) is 12.0. The average Bonchev–Trinajstić information content (AvgIpc) is 3.24. The fourth-order valence-corrected chi connectivity index (χ4v) is 4.26. The van der Waals surface area contributed by atoms with Gasteiger partial charge in [0, 0.05) is 12.6 Å². The number of rotatable bonds is 3. The molecule has 3 aromatic heterocycles. The Hall–Kier alpha value is -2.67. The second kappa shape index (κ2) is 5.70. The number of thiophene rings is 1. The molecule has 4 rings (SSSR count). The van der Waals surface area contributed by atoms with Gasteiger partial charge in [-0.3, -0.25) is 13.8 Å². The Morgan fingerprint density at radius 1 is 1.16 bits per heavy atom. The third-order valence-electron chi connectivity index (χ3n) is 4.44. The van der Waals surface area contributed by atoms with Crippen LogP contribution < -0.4 is 10.3 Å². The molecule has 1 aromatic carbocycles. The Kier molecular flexibility index (Phi) is 3.61. The smallest absolute Gasteiger partial charge is 0.263 e. The van der Waals surface area contributed by atoms with Crippen LogP contribution in [0.25, 0.3) is 27.4 Å². The van der Waals surface area contributed by atoms with Crippen molar-refractivity contribution in [2.75, 3.05) is 7.11 Å². The number of aromatic nitrogens is 4. The van der Waals surface area contributed by atoms with Gasteiger partial charge in [-0.05, 0) is 41.1 Å². The second-order valence-electron chi connectivity index (χ2n) is 6.28. The van der Waals surface area contributed by atoms with Crippen molar-refractivity contribution in [3.63, 3.8) is 0 Å². The summed E-state index contributed by atoms with van der Waals surface area (Å²) in [4.78, 5) is 13.7. The molecule has 0 fully saturated rings. The molecule has 0 saturated carbocycles. The molecule has 0 aliphatic carbocycles. The van der Waals surface area contributed by atoms with Crippen molar-refractivity contribution >= 4 is 27.3 Å². The van der Waals surface area contributed by atoms with E-state index in [-0.39, 0.29) is 11.5 Å². The molecule has 0 bridgehead atoms. The number of hydrogen-bond donors (Lipinski definition) is 0. The molecule has 0 saturated heterocycles. The Morgan fingerprint density at radius 2 is 1.88 bits per heavy atom. The average molecular weight is 354 g/mol. The van der Waals surface area contributed by atoms with Crippen LogP contribution in [0.1, 0.15) is 25.3 Å². The van der Waals surface area contributed by atoms with Gasteiger partial charge in [0.1, 0.15) is 10.6 Å². The van der Waals surface area contributed by atoms with E-state index in [2.05, 4.69) is 29.4 Å². The van der Waals surface area contributed by atoms with E-state index in [0.29, 0.717) is 5.78 Å². The highest BCUT2D eigenvalue weighted by atomic mass is 32.1. The predicted molar refractivity (Wildman–Crippen MR) is 99.7 cm³/mol. The summed E-state index contributed by atoms with van der Waals surface area (Å²) in [6.07, 6.45) is 0. The summed E-state index contributed by atoms with van der Waals surface area (Å²) in [7, 11) is 3.38. The van der Waals surface area contributed by atoms with Gasteiger partial charge in [-0.2, -0.15) is 0 Å². The Balaban J connectivity index is 2.09. The number of methoxy groups -OCH3 is 1. The lowest BCUT2D eigenvalue weighted by Gasteiger charge is -2.08. The number of hydrogen-bond acceptors (Lipinski definition) is 5. The van der Waals surface area contributed by atoms with Crippen LogP contribution >= 0.6 is 11.3 Å². The minimum absolute atomic E-state index is 0.0267. The van der Waals surface area contributed by atoms with Gasteiger partial charge < -0.3 is 4.74 Å². The SMILES string of the molecule is COc1ccc(-c2nnc3n(C)c(=O)c4c(C(C)C)csc4n23)cc1. The van der Waals surface area contributed by atoms with Crippen LogP contribution in [0.3, 0.4) is 0 Å². The lowest BCUT2D eigenvalue weighted by Crippen LogP contribution is -2.20. The van der Waals surface area contributed by atoms with Crippen molar-refractivity contribution in [1.29, 1.82) is 0 Å². The van der Waals surface area contributed by atoms with E-state index < -0.39 is 0 Å². The molecule has 6 nitrogen and oxygen atoms in total. The molecule has 3 heterocycles. The zero-order chi connectivity index (χ0) is 17.7. The minimum atomic E-state index is -0.0267. The zero-order valence-electron chi connectivity index (χ0n) is 14.5. The maximum absolute atomic E-state index is 12.8. The molecule has 0 spiro atoms. The van der Waals surface area contributed by atoms with E-state index >= 15 is 0 Å². The first-order valence-corrected chi connectivity index (χ1v) is 8.90. The molecule has 25 heavy (non-hydrogen) atoms. The van der Waals surface area contributed by atoms with E-state index in [1.54, 1.807) is 30.1 Å². The molecule has 0 N–H and O–H groups in total. The Labute approximate surface area is 148 Å². The monoisotopic (exact) mass is 354 g/mol. The maximum Gasteiger partial charge on any atom is 0.263 e. The highest BCUT2D eigenvalue weighted by Gasteiger charge is 2.20. The number of fused-ring (bicyclic) bond motifs is 3. The van der Waals surface area contributed by atoms with Gasteiger partial charge in [0.05, 0.1) is 12.5 Å². The Morgan fingerprint density at radius 3 is 2.52 bits per heavy atom. The molecule has 0 aliphatic rings. The molecular formula is C18H18N4O2S. The summed E-state index contributed by atoms with van der Waals surface area (Å²) in [5, 5.41) is 11.4. The third-order valence-corrected chi connectivity index (χ3v) is 5.42. The van der Waals surface area contributed by atoms with E-state index in [1.165, 1.54) is 0 Å². The fourth-order valence-electron chi connectivity index (χ4n) is 3.03. The van der Waals surface area contributed by atoms with Crippen LogP contribution in [0.5, 0.6) is 5.75 Å². The summed E-state index contributed by atoms with van der Waals surface area (Å²) in [6, 6.07) is 7.68. The quantitative estimate of drug-likeness (QED) is 0.565. The van der Waals surface area contributed by atoms with Crippen molar-refractivity contribution in [3.05, 3.63) is 45.6 Å². The lowest BCUT2D eigenvalue weighted by molar-refractivity contribution is 0.415. The van der Waals surface area contributed by atoms with Crippen LogP contribution in [-0.4, -0.2) is 26.3 Å². The highest BCUT2D eigenvalue weighted by Crippen LogP contribution is 2.31. The highest BCUT2D eigenvalue weighted by molar-refractivity contribution is 7.17. The summed E-state index contributed by atoms with van der Waals surface area (Å²) >= 11 is 1.56. The topological polar surface area (TPSA) is 61.4 Å². The van der Waals surface area contributed by atoms with Gasteiger partial charge in [-0.1, -0.05) is 13.8 Å². The molecule has 0 unspecified atom stereocenters. The Bertz CT molecular complexity index is 1140. The van der Waals surface area contributed by atoms with Crippen LogP contribution in [0.4, 0.5) is 0 Å². The fraction of sp³-hybridized carbons (Fsp3) is 0.278. The van der Waals surface area contributed by atoms with Crippen molar-refractivity contribution in [1.82, 2.24) is 19.2 Å². The van der Waals surface area contributed by atoms with E-state index in [4.69, 9.17) is 4.74 Å². The molecule has 7 heteroatoms. The van der Waals surface area contributed by atoms with E-state index in [9.17, 15) is 4.79 Å². The van der Waals surface area contributed by atoms with Crippen LogP contribution in [0.2, 0.25) is 0 Å². The van der Waals surface area contributed by atoms with Gasteiger partial charge in [0.25, 0.3) is 5.56 Å². The number of benzene rings is 1. The van der Waals surface area contributed by atoms with Gasteiger partial charge in [0.2, 0.25) is 5.78 Å². The first-order valence-electron chi connectivity index (χ1n) is 8.02. The molecule has 0 amide bonds. The molecule has 128 valence electrons. The summed E-state index contributed by atoms with van der Waals surface area (Å²) < 4.78 is 8.76. The molecular weight excluding hydrogens is 336 g/mol. The molecule has 0 aliphatic heterocycles. The second-order valence-corrected chi connectivity index (χ2v) is 7.14. The van der Waals surface area contributed by atoms with Crippen molar-refractivity contribution < 1.29 is 4.74 Å². The van der Waals surface area contributed by atoms with Crippen LogP contribution in [0, 0.1) is 0 Å². The minimum Gasteiger partial charge on any atom is -0.497 e. The summed E-state index contributed by atoms with van der Waals surface area (Å²) in [5.74, 6) is 2.32. The third kappa shape index (κ3) is 2.26. The molecule has 0 radical (unpaired) electrons. The van der Waals surface area contributed by atoms with Gasteiger partial charge in [-0.15, -0.1) is 21.5 Å². The number of ether oxygens (including phenoxy) is 1. The van der Waals surface area contributed by atoms with E-state index in [1.807, 2.05) is 28.7 Å². The summed E-state index contributed by atoms with van der Waals surface area (Å²) in [5.41, 5.74) is 1.96. The maximum atomic E-state index is 12.8. The van der Waals surface area contributed by atoms with Crippen LogP contribution in [0.15, 0.2) is 34.4 Å². The van der Waals surface area contributed by atoms with Crippen molar-refractivity contribution in [2.24, 2.45) is 7.05 Å². The van der Waals surface area contributed by atoms with Crippen molar-refractivity contribution in [3.8, 4) is 17.1 Å². The zero-order valence-corrected chi connectivity index (χ0v) is 15.3. The predicted octanol–water partition coefficient (Wildman–Crippen LogP) is 3.44. The normalized spacial score (nSPS) is 11.7. The number of aryl methyl sites for hydroxylation is 1. The largest absolute Gasteiger partial charge is 0.497 e. The van der Waals surface area contributed by atoms with Crippen molar-refractivity contribution in [2.45, 2.75) is 19.8 Å². The van der Waals surface area contributed by atoms with Gasteiger partial charge in [-0.25, -0.2) is 0 Å².